The minimum Gasteiger partial charge on any atom is -0.463 e. The van der Waals surface area contributed by atoms with Crippen LogP contribution in [-0.2, 0) is 54.0 Å². The number of rotatable bonds is 13. The van der Waals surface area contributed by atoms with Crippen LogP contribution in [0.15, 0.2) is 35.5 Å². The van der Waals surface area contributed by atoms with Gasteiger partial charge < -0.3 is 34.2 Å². The fourth-order valence-electron chi connectivity index (χ4n) is 4.63. The zero-order valence-electron chi connectivity index (χ0n) is 26.7. The number of aryl methyl sites for hydroxylation is 1. The van der Waals surface area contributed by atoms with Gasteiger partial charge in [0.1, 0.15) is 12.7 Å². The number of nitrogens with one attached hydrogen (secondary N) is 1. The van der Waals surface area contributed by atoms with Crippen LogP contribution in [-0.4, -0.2) is 71.5 Å². The van der Waals surface area contributed by atoms with Crippen molar-refractivity contribution in [2.75, 3.05) is 11.0 Å². The quantitative estimate of drug-likeness (QED) is 0.0736. The summed E-state index contributed by atoms with van der Waals surface area (Å²) in [6.45, 7) is 9.88. The van der Waals surface area contributed by atoms with Crippen LogP contribution in [0.5, 0.6) is 0 Å². The molecule has 13 heteroatoms. The van der Waals surface area contributed by atoms with Crippen LogP contribution in [0, 0.1) is 18.3 Å². The molecule has 0 aliphatic carbocycles. The highest BCUT2D eigenvalue weighted by atomic mass is 127. The van der Waals surface area contributed by atoms with Crippen molar-refractivity contribution in [3.63, 3.8) is 0 Å². The lowest BCUT2D eigenvalue weighted by atomic mass is 9.94. The minimum absolute atomic E-state index is 0.157. The highest BCUT2D eigenvalue weighted by molar-refractivity contribution is 14.1. The Morgan fingerprint density at radius 3 is 2.09 bits per heavy atom. The summed E-state index contributed by atoms with van der Waals surface area (Å²) in [6.07, 6.45) is -1.60. The number of carbonyl (C=O) groups is 4. The van der Waals surface area contributed by atoms with E-state index in [1.165, 1.54) is 6.92 Å². The smallest absolute Gasteiger partial charge is 0.303 e. The third-order valence-electron chi connectivity index (χ3n) is 6.75. The van der Waals surface area contributed by atoms with Crippen molar-refractivity contribution in [1.82, 2.24) is 0 Å². The second kappa shape index (κ2) is 17.9. The summed E-state index contributed by atoms with van der Waals surface area (Å²) in [6, 6.07) is 6.00. The van der Waals surface area contributed by atoms with Gasteiger partial charge in [0.05, 0.1) is 0 Å². The maximum Gasteiger partial charge on any atom is 0.303 e. The predicted molar refractivity (Wildman–Crippen MR) is 174 cm³/mol. The Bertz CT molecular complexity index is 1310. The molecule has 45 heavy (non-hydrogen) atoms. The third kappa shape index (κ3) is 11.8. The van der Waals surface area contributed by atoms with Crippen LogP contribution in [0.1, 0.15) is 64.7 Å². The standard InChI is InChI=1S/C32H43IN2O10/c1-17(2)27(34)25(15-24-12-11-23(14-18(24)3)10-8-9-13-33)31(35)45-32-30(43-22(7)39)29(42-21(6)38)28(41-20(5)37)26(44-32)16-40-19(4)36/h8,10-12,14,17,26,28-30,32,35H,9,13,15-16,34H2,1-7H3/b10-8+,27-25-,35-31?/t26-,28-,29+,30-,32+/m1/s1. The predicted octanol–water partition coefficient (Wildman–Crippen LogP) is 4.32. The summed E-state index contributed by atoms with van der Waals surface area (Å²) < 4.78 is 34.5. The number of hydrogen-bond acceptors (Lipinski definition) is 12. The second-order valence-corrected chi connectivity index (χ2v) is 11.9. The molecule has 1 saturated heterocycles. The molecule has 3 N–H and O–H groups in total. The van der Waals surface area contributed by atoms with Gasteiger partial charge in [0.2, 0.25) is 18.3 Å². The number of esters is 4. The van der Waals surface area contributed by atoms with Gasteiger partial charge in [-0.3, -0.25) is 24.6 Å². The van der Waals surface area contributed by atoms with Gasteiger partial charge in [-0.2, -0.15) is 0 Å². The molecule has 2 rings (SSSR count). The Hall–Kier alpha value is -3.46. The van der Waals surface area contributed by atoms with E-state index in [1.807, 2.05) is 39.0 Å². The Balaban J connectivity index is 2.52. The average molecular weight is 743 g/mol. The number of alkyl halides is 1. The lowest BCUT2D eigenvalue weighted by molar-refractivity contribution is -0.291. The van der Waals surface area contributed by atoms with Crippen LogP contribution in [0.25, 0.3) is 6.08 Å². The molecule has 0 unspecified atom stereocenters. The molecule has 1 fully saturated rings. The molecule has 1 aliphatic rings. The molecule has 5 atom stereocenters. The van der Waals surface area contributed by atoms with Crippen molar-refractivity contribution >= 4 is 58.4 Å². The van der Waals surface area contributed by atoms with Gasteiger partial charge in [-0.05, 0) is 36.0 Å². The molecular weight excluding hydrogens is 699 g/mol. The molecular formula is C32H43IN2O10. The maximum atomic E-state index is 12.2. The summed E-state index contributed by atoms with van der Waals surface area (Å²) >= 11 is 2.32. The molecule has 0 bridgehead atoms. The van der Waals surface area contributed by atoms with Gasteiger partial charge in [0.15, 0.2) is 12.2 Å². The van der Waals surface area contributed by atoms with Crippen molar-refractivity contribution in [3.05, 3.63) is 52.2 Å². The highest BCUT2D eigenvalue weighted by Crippen LogP contribution is 2.31. The first-order chi connectivity index (χ1) is 21.1. The molecule has 1 aliphatic heterocycles. The third-order valence-corrected chi connectivity index (χ3v) is 7.37. The van der Waals surface area contributed by atoms with Gasteiger partial charge in [-0.25, -0.2) is 0 Å². The summed E-state index contributed by atoms with van der Waals surface area (Å²) in [5.74, 6) is -3.47. The lowest BCUT2D eigenvalue weighted by Crippen LogP contribution is -2.63. The Kier molecular flexibility index (Phi) is 15.0. The molecule has 0 spiro atoms. The van der Waals surface area contributed by atoms with E-state index in [2.05, 4.69) is 34.7 Å². The molecule has 0 aromatic heterocycles. The van der Waals surface area contributed by atoms with E-state index in [-0.39, 0.29) is 18.2 Å². The fourth-order valence-corrected chi connectivity index (χ4v) is 4.99. The van der Waals surface area contributed by atoms with E-state index < -0.39 is 61.2 Å². The van der Waals surface area contributed by atoms with Gasteiger partial charge in [-0.15, -0.1) is 0 Å². The summed E-state index contributed by atoms with van der Waals surface area (Å²) in [5.41, 5.74) is 10.2. The topological polar surface area (TPSA) is 174 Å². The maximum absolute atomic E-state index is 12.2. The van der Waals surface area contributed by atoms with Crippen molar-refractivity contribution in [1.29, 1.82) is 5.41 Å². The van der Waals surface area contributed by atoms with Crippen molar-refractivity contribution in [3.8, 4) is 0 Å². The molecule has 248 valence electrons. The molecule has 0 saturated carbocycles. The molecule has 1 aromatic rings. The molecule has 0 amide bonds. The molecule has 1 aromatic carbocycles. The van der Waals surface area contributed by atoms with E-state index in [1.54, 1.807) is 0 Å². The summed E-state index contributed by atoms with van der Waals surface area (Å²) in [4.78, 5) is 48.0. The van der Waals surface area contributed by atoms with Gasteiger partial charge in [-0.1, -0.05) is 66.8 Å². The number of hydrogen-bond donors (Lipinski definition) is 2. The van der Waals surface area contributed by atoms with Crippen LogP contribution >= 0.6 is 22.6 Å². The first kappa shape index (κ1) is 37.7. The highest BCUT2D eigenvalue weighted by Gasteiger charge is 2.53. The van der Waals surface area contributed by atoms with E-state index in [0.29, 0.717) is 11.3 Å². The molecule has 12 nitrogen and oxygen atoms in total. The normalized spacial score (nSPS) is 21.9. The minimum atomic E-state index is -1.54. The zero-order chi connectivity index (χ0) is 33.8. The van der Waals surface area contributed by atoms with Crippen LogP contribution in [0.4, 0.5) is 0 Å². The average Bonchev–Trinajstić information content (AvgIpc) is 2.93. The second-order valence-electron chi connectivity index (χ2n) is 10.8. The number of allylic oxidation sites excluding steroid dienone is 2. The Morgan fingerprint density at radius 2 is 1.56 bits per heavy atom. The van der Waals surface area contributed by atoms with Crippen LogP contribution in [0.3, 0.4) is 0 Å². The number of nitrogens with two attached hydrogens (primary N) is 1. The van der Waals surface area contributed by atoms with E-state index in [4.69, 9.17) is 39.6 Å². The SMILES string of the molecule is CC(=O)OC[C@H]1O[C@@H](OC(=N)/C(Cc2ccc(/C=C/CCI)cc2C)=C(\N)C(C)C)[C@H](OC(C)=O)[C@@H](OC(C)=O)[C@@H]1OC(C)=O. The van der Waals surface area contributed by atoms with Gasteiger partial charge in [0.25, 0.3) is 0 Å². The van der Waals surface area contributed by atoms with Crippen LogP contribution < -0.4 is 5.73 Å². The largest absolute Gasteiger partial charge is 0.463 e. The van der Waals surface area contributed by atoms with Crippen molar-refractivity contribution < 1.29 is 47.6 Å². The molecule has 0 radical (unpaired) electrons. The van der Waals surface area contributed by atoms with Gasteiger partial charge in [0, 0.05) is 49.8 Å². The summed E-state index contributed by atoms with van der Waals surface area (Å²) in [5, 5.41) is 8.99. The van der Waals surface area contributed by atoms with Crippen molar-refractivity contribution in [2.45, 2.75) is 92.0 Å². The van der Waals surface area contributed by atoms with E-state index in [0.717, 1.165) is 48.3 Å². The van der Waals surface area contributed by atoms with Crippen LogP contribution in [0.2, 0.25) is 0 Å². The fraction of sp³-hybridized carbons (Fsp3) is 0.531. The first-order valence-electron chi connectivity index (χ1n) is 14.5. The number of carbonyl (C=O) groups excluding carboxylic acids is 4. The summed E-state index contributed by atoms with van der Waals surface area (Å²) in [7, 11) is 0. The number of benzene rings is 1. The zero-order valence-corrected chi connectivity index (χ0v) is 28.9. The Labute approximate surface area is 277 Å². The number of halogens is 1. The van der Waals surface area contributed by atoms with Crippen molar-refractivity contribution in [2.24, 2.45) is 11.7 Å². The monoisotopic (exact) mass is 742 g/mol. The van der Waals surface area contributed by atoms with Gasteiger partial charge >= 0.3 is 23.9 Å². The Morgan fingerprint density at radius 1 is 0.956 bits per heavy atom. The number of ether oxygens (including phenoxy) is 6. The lowest BCUT2D eigenvalue weighted by Gasteiger charge is -2.44. The first-order valence-corrected chi connectivity index (χ1v) is 16.0. The molecule has 1 heterocycles. The van der Waals surface area contributed by atoms with E-state index >= 15 is 0 Å². The van der Waals surface area contributed by atoms with E-state index in [9.17, 15) is 19.2 Å².